The molecule has 0 aliphatic carbocycles. The van der Waals surface area contributed by atoms with Gasteiger partial charge in [0, 0.05) is 53.7 Å². The number of carbonyl (C=O) groups is 3. The maximum atomic E-state index is 12.5. The zero-order valence-corrected chi connectivity index (χ0v) is 32.2. The van der Waals surface area contributed by atoms with Gasteiger partial charge in [-0.2, -0.15) is 0 Å². The first-order chi connectivity index (χ1) is 24.9. The molecule has 54 heavy (non-hydrogen) atoms. The molecule has 0 aromatic carbocycles. The Labute approximate surface area is 309 Å². The van der Waals surface area contributed by atoms with E-state index >= 15 is 0 Å². The van der Waals surface area contributed by atoms with Crippen LogP contribution in [0.5, 0.6) is 0 Å². The van der Waals surface area contributed by atoms with Gasteiger partial charge in [-0.3, -0.25) is 32.3 Å². The zero-order valence-electron chi connectivity index (χ0n) is 28.7. The number of aliphatic hydroxyl groups excluding tert-OH is 2. The molecule has 0 saturated carbocycles. The minimum atomic E-state index is -5.92. The molecular weight excluding hydrogens is 811 g/mol. The zero-order chi connectivity index (χ0) is 40.6. The number of nitrogen functional groups attached to an aromatic ring is 1. The molecular formula is C25H38N7O18P3S-4. The van der Waals surface area contributed by atoms with E-state index in [1.807, 2.05) is 0 Å². The summed E-state index contributed by atoms with van der Waals surface area (Å²) < 4.78 is 72.1. The Balaban J connectivity index is 1.51. The van der Waals surface area contributed by atoms with Crippen molar-refractivity contribution in [2.75, 3.05) is 43.5 Å². The van der Waals surface area contributed by atoms with Crippen LogP contribution in [0.2, 0.25) is 0 Å². The maximum absolute atomic E-state index is 12.5. The molecule has 0 bridgehead atoms. The van der Waals surface area contributed by atoms with Crippen molar-refractivity contribution in [1.29, 1.82) is 0 Å². The summed E-state index contributed by atoms with van der Waals surface area (Å²) in [6.45, 7) is 1.22. The molecule has 306 valence electrons. The highest BCUT2D eigenvalue weighted by molar-refractivity contribution is 7.85. The number of hydrogen-bond donors (Lipinski definition) is 5. The van der Waals surface area contributed by atoms with E-state index in [1.54, 1.807) is 0 Å². The molecule has 0 radical (unpaired) electrons. The first-order valence-electron chi connectivity index (χ1n) is 15.6. The molecule has 8 unspecified atom stereocenters. The predicted molar refractivity (Wildman–Crippen MR) is 174 cm³/mol. The van der Waals surface area contributed by atoms with Gasteiger partial charge in [0.25, 0.3) is 15.6 Å². The van der Waals surface area contributed by atoms with E-state index < -0.39 is 95.4 Å². The summed E-state index contributed by atoms with van der Waals surface area (Å²) in [4.78, 5) is 94.7. The van der Waals surface area contributed by atoms with Crippen LogP contribution in [0.3, 0.4) is 0 Å². The molecule has 3 rings (SSSR count). The van der Waals surface area contributed by atoms with E-state index in [0.717, 1.165) is 17.2 Å². The van der Waals surface area contributed by atoms with Gasteiger partial charge in [0.15, 0.2) is 17.7 Å². The number of Topliss-reactive ketones (excluding diaryl/α,β-unsaturated/α-hetero) is 1. The summed E-state index contributed by atoms with van der Waals surface area (Å²) in [5, 5.41) is 26.0. The van der Waals surface area contributed by atoms with Crippen molar-refractivity contribution in [3.63, 3.8) is 0 Å². The normalized spacial score (nSPS) is 22.6. The largest absolute Gasteiger partial charge is 0.790 e. The first kappa shape index (κ1) is 45.7. The van der Waals surface area contributed by atoms with Gasteiger partial charge in [0.1, 0.15) is 42.0 Å². The number of nitrogens with zero attached hydrogens (tertiary/aromatic N) is 4. The molecule has 1 aliphatic heterocycles. The van der Waals surface area contributed by atoms with E-state index in [9.17, 15) is 62.1 Å². The van der Waals surface area contributed by atoms with Crippen LogP contribution < -0.4 is 35.9 Å². The van der Waals surface area contributed by atoms with Crippen molar-refractivity contribution >= 4 is 68.8 Å². The number of hydrogen-bond acceptors (Lipinski definition) is 22. The Hall–Kier alpha value is -2.64. The number of nitrogens with one attached hydrogen (secondary N) is 2. The van der Waals surface area contributed by atoms with E-state index in [4.69, 9.17) is 10.5 Å². The average Bonchev–Trinajstić information content (AvgIpc) is 3.61. The molecule has 8 atom stereocenters. The van der Waals surface area contributed by atoms with Crippen molar-refractivity contribution in [1.82, 2.24) is 30.2 Å². The predicted octanol–water partition coefficient (Wildman–Crippen LogP) is -4.40. The number of carbonyl (C=O) groups excluding carboxylic acids is 3. The molecule has 29 heteroatoms. The maximum Gasteiger partial charge on any atom is 0.274 e. The quantitative estimate of drug-likeness (QED) is 0.0698. The lowest BCUT2D eigenvalue weighted by Crippen LogP contribution is -2.46. The molecule has 2 aromatic heterocycles. The summed E-state index contributed by atoms with van der Waals surface area (Å²) >= 11 is 0. The molecule has 25 nitrogen and oxygen atoms in total. The lowest BCUT2D eigenvalue weighted by atomic mass is 9.87. The van der Waals surface area contributed by atoms with Gasteiger partial charge in [0.2, 0.25) is 11.8 Å². The Morgan fingerprint density at radius 3 is 2.37 bits per heavy atom. The van der Waals surface area contributed by atoms with Crippen LogP contribution in [-0.4, -0.2) is 114 Å². The van der Waals surface area contributed by atoms with Gasteiger partial charge < -0.3 is 69.0 Å². The minimum absolute atomic E-state index is 0.0271. The number of rotatable bonds is 22. The highest BCUT2D eigenvalue weighted by atomic mass is 32.2. The number of phosphoric acid groups is 3. The number of imidazole rings is 1. The molecule has 1 fully saturated rings. The van der Waals surface area contributed by atoms with E-state index in [0.29, 0.717) is 0 Å². The fraction of sp³-hybridized carbons (Fsp3) is 0.680. The third-order valence-corrected chi connectivity index (χ3v) is 11.7. The monoisotopic (exact) mass is 849 g/mol. The smallest absolute Gasteiger partial charge is 0.274 e. The third-order valence-electron chi connectivity index (χ3n) is 7.39. The van der Waals surface area contributed by atoms with Crippen molar-refractivity contribution in [3.8, 4) is 0 Å². The third kappa shape index (κ3) is 13.8. The number of fused-ring (bicyclic) bond motifs is 1. The molecule has 1 saturated heterocycles. The number of aromatic nitrogens is 4. The van der Waals surface area contributed by atoms with E-state index in [-0.39, 0.29) is 60.2 Å². The summed E-state index contributed by atoms with van der Waals surface area (Å²) in [6, 6.07) is 0. The molecule has 6 N–H and O–H groups in total. The second kappa shape index (κ2) is 19.0. The summed E-state index contributed by atoms with van der Waals surface area (Å²) in [7, 11) is -18.9. The van der Waals surface area contributed by atoms with Crippen LogP contribution in [0.1, 0.15) is 39.8 Å². The van der Waals surface area contributed by atoms with Gasteiger partial charge in [-0.05, 0) is 6.92 Å². The fourth-order valence-corrected chi connectivity index (χ4v) is 8.37. The first-order valence-corrected chi connectivity index (χ1v) is 21.4. The van der Waals surface area contributed by atoms with Gasteiger partial charge in [-0.25, -0.2) is 19.3 Å². The molecule has 2 amide bonds. The molecule has 0 spiro atoms. The Bertz CT molecular complexity index is 1830. The van der Waals surface area contributed by atoms with Crippen LogP contribution in [0.4, 0.5) is 5.82 Å². The van der Waals surface area contributed by atoms with Crippen LogP contribution in [0.15, 0.2) is 12.7 Å². The molecule has 2 aromatic rings. The fourth-order valence-electron chi connectivity index (χ4n) is 4.58. The van der Waals surface area contributed by atoms with Crippen LogP contribution >= 0.6 is 23.5 Å². The van der Waals surface area contributed by atoms with Crippen LogP contribution in [-0.2, 0) is 61.5 Å². The lowest BCUT2D eigenvalue weighted by Gasteiger charge is -2.36. The summed E-state index contributed by atoms with van der Waals surface area (Å²) in [5.74, 6) is -1.49. The van der Waals surface area contributed by atoms with Crippen molar-refractivity contribution in [3.05, 3.63) is 12.7 Å². The molecule has 1 aliphatic rings. The number of nitrogens with two attached hydrogens (primary N) is 1. The second-order valence-electron chi connectivity index (χ2n) is 12.3. The van der Waals surface area contributed by atoms with Crippen molar-refractivity contribution < 1.29 is 84.7 Å². The van der Waals surface area contributed by atoms with Gasteiger partial charge in [0.05, 0.1) is 27.4 Å². The van der Waals surface area contributed by atoms with Crippen LogP contribution in [0.25, 0.3) is 11.2 Å². The highest BCUT2D eigenvalue weighted by Gasteiger charge is 2.47. The van der Waals surface area contributed by atoms with Gasteiger partial charge in [-0.15, -0.1) is 0 Å². The minimum Gasteiger partial charge on any atom is -0.790 e. The van der Waals surface area contributed by atoms with Gasteiger partial charge >= 0.3 is 0 Å². The Morgan fingerprint density at radius 1 is 1.06 bits per heavy atom. The number of anilines is 1. The van der Waals surface area contributed by atoms with Crippen molar-refractivity contribution in [2.45, 2.75) is 64.3 Å². The molecule has 3 heterocycles. The lowest BCUT2D eigenvalue weighted by molar-refractivity contribution is -0.347. The Kier molecular flexibility index (Phi) is 16.1. The van der Waals surface area contributed by atoms with Crippen molar-refractivity contribution in [2.24, 2.45) is 5.41 Å². The number of ether oxygens (including phenoxy) is 1. The van der Waals surface area contributed by atoms with Crippen LogP contribution in [0, 0.1) is 5.41 Å². The summed E-state index contributed by atoms with van der Waals surface area (Å²) in [5.41, 5.74) is 4.03. The van der Waals surface area contributed by atoms with E-state index in [2.05, 4.69) is 43.5 Å². The number of ketones is 1. The standard InChI is InChI=1S/C25H42N7O18P3S/c1-14(33)5-8-54(45)9-7-27-16(34)4-6-28-23(37)20(36)25(2,3)11-47-53(43,44)50-52(41,42)46-10-15-19(49-51(38,39)40)18(35)24(48-15)32-13-31-17-21(26)29-12-30-22(17)32/h12-13,15,18-20,24,35-36H,4-11H2,1-3H3,(H,27,34)(H,28,37)(H,41,42)(H,43,44)(H2,26,29,30)(H2,38,39,40)/p-4. The number of aliphatic hydroxyl groups is 2. The highest BCUT2D eigenvalue weighted by Crippen LogP contribution is 2.56. The van der Waals surface area contributed by atoms with Gasteiger partial charge in [-0.1, -0.05) is 13.8 Å². The number of amides is 2. The number of phosphoric ester groups is 3. The van der Waals surface area contributed by atoms with E-state index in [1.165, 1.54) is 20.8 Å². The summed E-state index contributed by atoms with van der Waals surface area (Å²) in [6.07, 6.45) is -7.55. The SMILES string of the molecule is CC(=O)CCS(=O)CCNC(=O)CCNC(=O)C(O)C(C)(C)COP(=O)([O-])OP(=O)([O-])OCC1OC(n2cnc3c(N)ncnc32)C(O)C1OP(=O)([O-])[O-]. The average molecular weight is 850 g/mol. The second-order valence-corrected chi connectivity index (χ2v) is 18.0. The Morgan fingerprint density at radius 2 is 1.72 bits per heavy atom. The topological polar surface area (TPSA) is 392 Å².